The molecular formula is C18H16N2O3. The average molecular weight is 308 g/mol. The van der Waals surface area contributed by atoms with Crippen LogP contribution < -0.4 is 9.47 Å². The van der Waals surface area contributed by atoms with Gasteiger partial charge in [0, 0.05) is 12.3 Å². The molecule has 1 heterocycles. The molecule has 0 radical (unpaired) electrons. The summed E-state index contributed by atoms with van der Waals surface area (Å²) in [5.74, 6) is 2.06. The van der Waals surface area contributed by atoms with E-state index >= 15 is 0 Å². The van der Waals surface area contributed by atoms with Gasteiger partial charge < -0.3 is 14.6 Å². The van der Waals surface area contributed by atoms with E-state index < -0.39 is 0 Å². The van der Waals surface area contributed by atoms with Crippen LogP contribution in [0.15, 0.2) is 60.8 Å². The van der Waals surface area contributed by atoms with E-state index in [2.05, 4.69) is 9.97 Å². The van der Waals surface area contributed by atoms with Gasteiger partial charge in [-0.1, -0.05) is 18.2 Å². The van der Waals surface area contributed by atoms with Crippen molar-refractivity contribution in [3.63, 3.8) is 0 Å². The number of aromatic hydroxyl groups is 1. The van der Waals surface area contributed by atoms with Gasteiger partial charge in [0.25, 0.3) is 0 Å². The number of para-hydroxylation sites is 1. The molecule has 0 fully saturated rings. The van der Waals surface area contributed by atoms with Gasteiger partial charge >= 0.3 is 0 Å². The van der Waals surface area contributed by atoms with E-state index in [9.17, 15) is 5.11 Å². The Morgan fingerprint density at radius 3 is 2.74 bits per heavy atom. The first kappa shape index (κ1) is 14.8. The number of phenolic OH excluding ortho intramolecular Hbond substituents is 1. The summed E-state index contributed by atoms with van der Waals surface area (Å²) in [4.78, 5) is 8.81. The molecule has 0 saturated carbocycles. The molecule has 0 amide bonds. The molecule has 3 rings (SSSR count). The van der Waals surface area contributed by atoms with Crippen molar-refractivity contribution in [3.05, 3.63) is 66.5 Å². The summed E-state index contributed by atoms with van der Waals surface area (Å²) in [6.45, 7) is 0.286. The molecule has 0 saturated heterocycles. The van der Waals surface area contributed by atoms with Crippen molar-refractivity contribution in [1.82, 2.24) is 9.97 Å². The van der Waals surface area contributed by atoms with Crippen molar-refractivity contribution in [2.75, 3.05) is 7.11 Å². The number of nitrogens with zero attached hydrogens (tertiary/aromatic N) is 2. The third-order valence-corrected chi connectivity index (χ3v) is 3.27. The normalized spacial score (nSPS) is 10.3. The minimum atomic E-state index is 0.167. The maximum Gasteiger partial charge on any atom is 0.163 e. The second-order valence-corrected chi connectivity index (χ2v) is 4.86. The Morgan fingerprint density at radius 1 is 1.04 bits per heavy atom. The maximum absolute atomic E-state index is 9.44. The van der Waals surface area contributed by atoms with Gasteiger partial charge in [-0.05, 0) is 30.3 Å². The third kappa shape index (κ3) is 3.58. The van der Waals surface area contributed by atoms with Crippen LogP contribution in [0, 0.1) is 0 Å². The summed E-state index contributed by atoms with van der Waals surface area (Å²) >= 11 is 0. The van der Waals surface area contributed by atoms with Crippen molar-refractivity contribution in [1.29, 1.82) is 0 Å². The Morgan fingerprint density at radius 2 is 1.91 bits per heavy atom. The first-order valence-corrected chi connectivity index (χ1v) is 7.13. The summed E-state index contributed by atoms with van der Waals surface area (Å²) in [6, 6.07) is 16.0. The molecule has 3 aromatic rings. The molecule has 1 N–H and O–H groups in total. The average Bonchev–Trinajstić information content (AvgIpc) is 2.60. The molecule has 0 bridgehead atoms. The molecule has 0 aliphatic rings. The zero-order chi connectivity index (χ0) is 16.1. The Labute approximate surface area is 134 Å². The molecule has 23 heavy (non-hydrogen) atoms. The van der Waals surface area contributed by atoms with Crippen LogP contribution in [0.3, 0.4) is 0 Å². The molecular weight excluding hydrogens is 292 g/mol. The van der Waals surface area contributed by atoms with E-state index in [1.807, 2.05) is 24.3 Å². The van der Waals surface area contributed by atoms with Gasteiger partial charge in [0.1, 0.15) is 23.9 Å². The lowest BCUT2D eigenvalue weighted by molar-refractivity contribution is 0.299. The van der Waals surface area contributed by atoms with Crippen LogP contribution in [-0.2, 0) is 6.61 Å². The van der Waals surface area contributed by atoms with Crippen LogP contribution >= 0.6 is 0 Å². The molecule has 0 aliphatic carbocycles. The number of hydrogen-bond donors (Lipinski definition) is 1. The molecule has 2 aromatic carbocycles. The lowest BCUT2D eigenvalue weighted by Crippen LogP contribution is -2.01. The highest BCUT2D eigenvalue weighted by Gasteiger charge is 2.08. The summed E-state index contributed by atoms with van der Waals surface area (Å²) in [5, 5.41) is 9.44. The summed E-state index contributed by atoms with van der Waals surface area (Å²) in [5.41, 5.74) is 1.57. The molecule has 116 valence electrons. The predicted octanol–water partition coefficient (Wildman–Crippen LogP) is 3.44. The minimum absolute atomic E-state index is 0.167. The van der Waals surface area contributed by atoms with Crippen LogP contribution in [0.25, 0.3) is 11.4 Å². The molecule has 0 atom stereocenters. The number of ether oxygens (including phenoxy) is 2. The highest BCUT2D eigenvalue weighted by molar-refractivity contribution is 5.63. The Balaban J connectivity index is 1.80. The quantitative estimate of drug-likeness (QED) is 0.782. The van der Waals surface area contributed by atoms with E-state index in [0.29, 0.717) is 11.6 Å². The van der Waals surface area contributed by atoms with Gasteiger partial charge in [0.05, 0.1) is 18.4 Å². The lowest BCUT2D eigenvalue weighted by atomic mass is 10.2. The fraction of sp³-hybridized carbons (Fsp3) is 0.111. The predicted molar refractivity (Wildman–Crippen MR) is 86.5 cm³/mol. The first-order chi connectivity index (χ1) is 11.3. The Kier molecular flexibility index (Phi) is 4.38. The zero-order valence-electron chi connectivity index (χ0n) is 12.6. The van der Waals surface area contributed by atoms with E-state index in [1.54, 1.807) is 43.6 Å². The van der Waals surface area contributed by atoms with Crippen molar-refractivity contribution in [3.8, 4) is 28.6 Å². The molecule has 5 heteroatoms. The Bertz CT molecular complexity index is 806. The van der Waals surface area contributed by atoms with E-state index in [4.69, 9.17) is 9.47 Å². The topological polar surface area (TPSA) is 64.5 Å². The van der Waals surface area contributed by atoms with Crippen LogP contribution in [0.2, 0.25) is 0 Å². The van der Waals surface area contributed by atoms with Crippen LogP contribution in [0.5, 0.6) is 17.2 Å². The minimum Gasteiger partial charge on any atom is -0.508 e. The number of methoxy groups -OCH3 is 1. The SMILES string of the molecule is COc1ccccc1-c1nccc(COc2cccc(O)c2)n1. The highest BCUT2D eigenvalue weighted by atomic mass is 16.5. The van der Waals surface area contributed by atoms with E-state index in [0.717, 1.165) is 17.0 Å². The van der Waals surface area contributed by atoms with Gasteiger partial charge in [-0.15, -0.1) is 0 Å². The van der Waals surface area contributed by atoms with E-state index in [1.165, 1.54) is 0 Å². The lowest BCUT2D eigenvalue weighted by Gasteiger charge is -2.09. The standard InChI is InChI=1S/C18H16N2O3/c1-22-17-8-3-2-7-16(17)18-19-10-9-13(20-18)12-23-15-6-4-5-14(21)11-15/h2-11,21H,12H2,1H3. The summed E-state index contributed by atoms with van der Waals surface area (Å²) < 4.78 is 11.0. The van der Waals surface area contributed by atoms with Gasteiger partial charge in [0.2, 0.25) is 0 Å². The molecule has 0 spiro atoms. The van der Waals surface area contributed by atoms with Crippen molar-refractivity contribution in [2.24, 2.45) is 0 Å². The van der Waals surface area contributed by atoms with Crippen LogP contribution in [0.4, 0.5) is 0 Å². The van der Waals surface area contributed by atoms with E-state index in [-0.39, 0.29) is 12.4 Å². The largest absolute Gasteiger partial charge is 0.508 e. The molecule has 0 unspecified atom stereocenters. The van der Waals surface area contributed by atoms with Gasteiger partial charge in [-0.3, -0.25) is 0 Å². The van der Waals surface area contributed by atoms with Crippen molar-refractivity contribution < 1.29 is 14.6 Å². The number of benzene rings is 2. The van der Waals surface area contributed by atoms with Gasteiger partial charge in [-0.25, -0.2) is 9.97 Å². The molecule has 0 aliphatic heterocycles. The Hall–Kier alpha value is -3.08. The van der Waals surface area contributed by atoms with Gasteiger partial charge in [-0.2, -0.15) is 0 Å². The second-order valence-electron chi connectivity index (χ2n) is 4.86. The van der Waals surface area contributed by atoms with Crippen molar-refractivity contribution in [2.45, 2.75) is 6.61 Å². The fourth-order valence-corrected chi connectivity index (χ4v) is 2.17. The monoisotopic (exact) mass is 308 g/mol. The number of aromatic nitrogens is 2. The van der Waals surface area contributed by atoms with Crippen LogP contribution in [0.1, 0.15) is 5.69 Å². The number of hydrogen-bond acceptors (Lipinski definition) is 5. The maximum atomic E-state index is 9.44. The van der Waals surface area contributed by atoms with Crippen LogP contribution in [-0.4, -0.2) is 22.2 Å². The highest BCUT2D eigenvalue weighted by Crippen LogP contribution is 2.26. The smallest absolute Gasteiger partial charge is 0.163 e. The number of phenols is 1. The molecule has 1 aromatic heterocycles. The van der Waals surface area contributed by atoms with Gasteiger partial charge in [0.15, 0.2) is 5.82 Å². The zero-order valence-corrected chi connectivity index (χ0v) is 12.6. The second kappa shape index (κ2) is 6.79. The van der Waals surface area contributed by atoms with Crippen molar-refractivity contribution >= 4 is 0 Å². The third-order valence-electron chi connectivity index (χ3n) is 3.27. The number of rotatable bonds is 5. The summed E-state index contributed by atoms with van der Waals surface area (Å²) in [7, 11) is 1.62. The first-order valence-electron chi connectivity index (χ1n) is 7.13. The fourth-order valence-electron chi connectivity index (χ4n) is 2.17. The molecule has 5 nitrogen and oxygen atoms in total. The summed E-state index contributed by atoms with van der Waals surface area (Å²) in [6.07, 6.45) is 1.69.